The van der Waals surface area contributed by atoms with Crippen LogP contribution in [0.5, 0.6) is 0 Å². The third-order valence-electron chi connectivity index (χ3n) is 2.51. The van der Waals surface area contributed by atoms with Crippen LogP contribution in [-0.2, 0) is 6.42 Å². The minimum Gasteiger partial charge on any atom is -0.314 e. The molecule has 0 aliphatic rings. The molecule has 1 nitrogen and oxygen atoms in total. The standard InChI is InChI=1S/C14H21N/c1-4-7-14(15-5-2)11-13-9-6-8-12(3)10-13/h4,6,8-10,14-15H,1,5,7,11H2,2-3H3. The van der Waals surface area contributed by atoms with Gasteiger partial charge in [0.1, 0.15) is 0 Å². The topological polar surface area (TPSA) is 12.0 Å². The first-order chi connectivity index (χ1) is 7.26. The van der Waals surface area contributed by atoms with Crippen molar-refractivity contribution >= 4 is 0 Å². The molecule has 1 atom stereocenters. The van der Waals surface area contributed by atoms with E-state index in [0.29, 0.717) is 6.04 Å². The number of hydrogen-bond donors (Lipinski definition) is 1. The van der Waals surface area contributed by atoms with E-state index in [1.54, 1.807) is 0 Å². The van der Waals surface area contributed by atoms with E-state index in [1.807, 2.05) is 6.08 Å². The van der Waals surface area contributed by atoms with Crippen molar-refractivity contribution in [2.45, 2.75) is 32.7 Å². The molecular formula is C14H21N. The zero-order chi connectivity index (χ0) is 11.1. The molecule has 0 aliphatic carbocycles. The van der Waals surface area contributed by atoms with Crippen LogP contribution in [0.3, 0.4) is 0 Å². The van der Waals surface area contributed by atoms with E-state index in [4.69, 9.17) is 0 Å². The molecule has 1 heteroatoms. The molecule has 1 N–H and O–H groups in total. The summed E-state index contributed by atoms with van der Waals surface area (Å²) in [7, 11) is 0. The molecule has 0 spiro atoms. The number of aryl methyl sites for hydroxylation is 1. The summed E-state index contributed by atoms with van der Waals surface area (Å²) in [5.41, 5.74) is 2.74. The summed E-state index contributed by atoms with van der Waals surface area (Å²) in [5.74, 6) is 0. The minimum atomic E-state index is 0.522. The molecule has 1 unspecified atom stereocenters. The van der Waals surface area contributed by atoms with Crippen LogP contribution in [0.4, 0.5) is 0 Å². The molecule has 0 saturated heterocycles. The van der Waals surface area contributed by atoms with Gasteiger partial charge >= 0.3 is 0 Å². The van der Waals surface area contributed by atoms with E-state index >= 15 is 0 Å². The van der Waals surface area contributed by atoms with E-state index in [-0.39, 0.29) is 0 Å². The third-order valence-corrected chi connectivity index (χ3v) is 2.51. The summed E-state index contributed by atoms with van der Waals surface area (Å²) >= 11 is 0. The van der Waals surface area contributed by atoms with Gasteiger partial charge in [0, 0.05) is 6.04 Å². The molecule has 15 heavy (non-hydrogen) atoms. The summed E-state index contributed by atoms with van der Waals surface area (Å²) in [6.07, 6.45) is 4.10. The number of likely N-dealkylation sites (N-methyl/N-ethyl adjacent to an activating group) is 1. The molecular weight excluding hydrogens is 182 g/mol. The average Bonchev–Trinajstić information content (AvgIpc) is 2.18. The summed E-state index contributed by atoms with van der Waals surface area (Å²) in [6, 6.07) is 9.24. The van der Waals surface area contributed by atoms with Crippen molar-refractivity contribution in [3.05, 3.63) is 48.0 Å². The van der Waals surface area contributed by atoms with Gasteiger partial charge < -0.3 is 5.32 Å². The van der Waals surface area contributed by atoms with Crippen LogP contribution in [-0.4, -0.2) is 12.6 Å². The van der Waals surface area contributed by atoms with Gasteiger partial charge in [0.05, 0.1) is 0 Å². The Bertz CT molecular complexity index is 304. The molecule has 0 radical (unpaired) electrons. The van der Waals surface area contributed by atoms with Crippen molar-refractivity contribution in [2.24, 2.45) is 0 Å². The summed E-state index contributed by atoms with van der Waals surface area (Å²) in [4.78, 5) is 0. The quantitative estimate of drug-likeness (QED) is 0.701. The SMILES string of the molecule is C=CCC(Cc1cccc(C)c1)NCC. The summed E-state index contributed by atoms with van der Waals surface area (Å²) in [5, 5.41) is 3.48. The summed E-state index contributed by atoms with van der Waals surface area (Å²) < 4.78 is 0. The Hall–Kier alpha value is -1.08. The Kier molecular flexibility index (Phi) is 5.13. The normalized spacial score (nSPS) is 12.4. The largest absolute Gasteiger partial charge is 0.314 e. The van der Waals surface area contributed by atoms with Gasteiger partial charge in [0.2, 0.25) is 0 Å². The molecule has 0 bridgehead atoms. The highest BCUT2D eigenvalue weighted by atomic mass is 14.9. The van der Waals surface area contributed by atoms with Crippen molar-refractivity contribution in [1.82, 2.24) is 5.32 Å². The number of nitrogens with one attached hydrogen (secondary N) is 1. The fraction of sp³-hybridized carbons (Fsp3) is 0.429. The molecule has 0 amide bonds. The highest BCUT2D eigenvalue weighted by molar-refractivity contribution is 5.23. The van der Waals surface area contributed by atoms with Crippen molar-refractivity contribution in [3.8, 4) is 0 Å². The Labute approximate surface area is 93.2 Å². The van der Waals surface area contributed by atoms with Crippen LogP contribution < -0.4 is 5.32 Å². The zero-order valence-electron chi connectivity index (χ0n) is 9.79. The van der Waals surface area contributed by atoms with E-state index in [9.17, 15) is 0 Å². The highest BCUT2D eigenvalue weighted by Crippen LogP contribution is 2.08. The predicted molar refractivity (Wildman–Crippen MR) is 67.2 cm³/mol. The lowest BCUT2D eigenvalue weighted by Gasteiger charge is -2.16. The van der Waals surface area contributed by atoms with Gasteiger partial charge in [-0.3, -0.25) is 0 Å². The minimum absolute atomic E-state index is 0.522. The number of benzene rings is 1. The fourth-order valence-corrected chi connectivity index (χ4v) is 1.85. The highest BCUT2D eigenvalue weighted by Gasteiger charge is 2.05. The molecule has 0 aromatic heterocycles. The Morgan fingerprint density at radius 1 is 1.47 bits per heavy atom. The average molecular weight is 203 g/mol. The lowest BCUT2D eigenvalue weighted by molar-refractivity contribution is 0.529. The first kappa shape index (κ1) is 12.0. The molecule has 1 aromatic carbocycles. The van der Waals surface area contributed by atoms with Crippen molar-refractivity contribution in [1.29, 1.82) is 0 Å². The molecule has 0 saturated carbocycles. The van der Waals surface area contributed by atoms with Crippen LogP contribution in [0.15, 0.2) is 36.9 Å². The fourth-order valence-electron chi connectivity index (χ4n) is 1.85. The molecule has 0 fully saturated rings. The van der Waals surface area contributed by atoms with Gasteiger partial charge in [-0.25, -0.2) is 0 Å². The van der Waals surface area contributed by atoms with Gasteiger partial charge in [0.15, 0.2) is 0 Å². The first-order valence-corrected chi connectivity index (χ1v) is 5.66. The van der Waals surface area contributed by atoms with Crippen LogP contribution in [0.25, 0.3) is 0 Å². The number of hydrogen-bond acceptors (Lipinski definition) is 1. The van der Waals surface area contributed by atoms with E-state index in [2.05, 4.69) is 50.0 Å². The predicted octanol–water partition coefficient (Wildman–Crippen LogP) is 3.09. The van der Waals surface area contributed by atoms with Crippen molar-refractivity contribution in [2.75, 3.05) is 6.54 Å². The molecule has 1 rings (SSSR count). The molecule has 0 heterocycles. The van der Waals surface area contributed by atoms with Gasteiger partial charge in [-0.1, -0.05) is 42.8 Å². The van der Waals surface area contributed by atoms with Crippen LogP contribution in [0, 0.1) is 6.92 Å². The maximum atomic E-state index is 3.80. The second kappa shape index (κ2) is 6.41. The third kappa shape index (κ3) is 4.30. The summed E-state index contributed by atoms with van der Waals surface area (Å²) in [6.45, 7) is 9.10. The van der Waals surface area contributed by atoms with E-state index in [1.165, 1.54) is 11.1 Å². The van der Waals surface area contributed by atoms with Crippen LogP contribution >= 0.6 is 0 Å². The van der Waals surface area contributed by atoms with Crippen molar-refractivity contribution in [3.63, 3.8) is 0 Å². The van der Waals surface area contributed by atoms with E-state index in [0.717, 1.165) is 19.4 Å². The monoisotopic (exact) mass is 203 g/mol. The van der Waals surface area contributed by atoms with Gasteiger partial charge in [0.25, 0.3) is 0 Å². The Balaban J connectivity index is 2.60. The smallest absolute Gasteiger partial charge is 0.0142 e. The molecule has 1 aromatic rings. The lowest BCUT2D eigenvalue weighted by Crippen LogP contribution is -2.30. The Morgan fingerprint density at radius 3 is 2.87 bits per heavy atom. The van der Waals surface area contributed by atoms with Gasteiger partial charge in [-0.15, -0.1) is 6.58 Å². The van der Waals surface area contributed by atoms with Crippen LogP contribution in [0.1, 0.15) is 24.5 Å². The maximum Gasteiger partial charge on any atom is 0.0142 e. The van der Waals surface area contributed by atoms with Crippen LogP contribution in [0.2, 0.25) is 0 Å². The second-order valence-corrected chi connectivity index (χ2v) is 3.97. The maximum absolute atomic E-state index is 3.80. The molecule has 82 valence electrons. The Morgan fingerprint density at radius 2 is 2.27 bits per heavy atom. The van der Waals surface area contributed by atoms with Gasteiger partial charge in [-0.05, 0) is 31.9 Å². The lowest BCUT2D eigenvalue weighted by atomic mass is 10.0. The molecule has 0 aliphatic heterocycles. The second-order valence-electron chi connectivity index (χ2n) is 3.97. The number of rotatable bonds is 6. The van der Waals surface area contributed by atoms with Crippen molar-refractivity contribution < 1.29 is 0 Å². The van der Waals surface area contributed by atoms with E-state index < -0.39 is 0 Å². The first-order valence-electron chi connectivity index (χ1n) is 5.66. The zero-order valence-corrected chi connectivity index (χ0v) is 9.79. The van der Waals surface area contributed by atoms with Gasteiger partial charge in [-0.2, -0.15) is 0 Å².